The van der Waals surface area contributed by atoms with Crippen LogP contribution in [-0.4, -0.2) is 63.8 Å². The third kappa shape index (κ3) is 6.72. The number of fused-ring (bicyclic) bond motifs is 1. The van der Waals surface area contributed by atoms with Gasteiger partial charge >= 0.3 is 0 Å². The van der Waals surface area contributed by atoms with Crippen LogP contribution >= 0.6 is 0 Å². The molecule has 2 saturated heterocycles. The molecule has 0 saturated carbocycles. The first-order valence-electron chi connectivity index (χ1n) is 14.5. The summed E-state index contributed by atoms with van der Waals surface area (Å²) in [4.78, 5) is 33.0. The van der Waals surface area contributed by atoms with Crippen molar-refractivity contribution in [2.24, 2.45) is 10.8 Å². The zero-order chi connectivity index (χ0) is 29.9. The standard InChI is InChI=1S/C31H39N7O4/c1-30(2,3)18-33-16-21-7-8-25-24(14-21)35-29(36-27(39)26-10-12-34-42-26)38(25)17-23-6-5-13-37(23)28(40)22(15-32)9-11-31(4)19-41-20-31/h7-10,12,14,23,33H,5-6,11,13,16-20H2,1-4H3,(H,35,36,39)/b22-9+/t23-/m1/s1. The minimum Gasteiger partial charge on any atom is -0.380 e. The summed E-state index contributed by atoms with van der Waals surface area (Å²) >= 11 is 0. The lowest BCUT2D eigenvalue weighted by Crippen LogP contribution is -2.40. The van der Waals surface area contributed by atoms with Gasteiger partial charge in [0, 0.05) is 37.7 Å². The van der Waals surface area contributed by atoms with Gasteiger partial charge in [0.2, 0.25) is 11.7 Å². The summed E-state index contributed by atoms with van der Waals surface area (Å²) < 4.78 is 12.3. The molecule has 0 radical (unpaired) electrons. The maximum atomic E-state index is 13.5. The molecule has 2 N–H and O–H groups in total. The van der Waals surface area contributed by atoms with Crippen LogP contribution in [0.3, 0.4) is 0 Å². The molecule has 2 amide bonds. The quantitative estimate of drug-likeness (QED) is 0.271. The number of nitrogens with zero attached hydrogens (tertiary/aromatic N) is 5. The van der Waals surface area contributed by atoms with E-state index in [1.165, 1.54) is 12.3 Å². The number of likely N-dealkylation sites (tertiary alicyclic amines) is 1. The molecule has 11 heteroatoms. The molecule has 2 aliphatic rings. The monoisotopic (exact) mass is 573 g/mol. The first-order chi connectivity index (χ1) is 20.0. The fraction of sp³-hybridized carbons (Fsp3) is 0.516. The van der Waals surface area contributed by atoms with E-state index in [1.54, 1.807) is 11.0 Å². The number of aromatic nitrogens is 3. The van der Waals surface area contributed by atoms with Gasteiger partial charge in [0.25, 0.3) is 11.8 Å². The Kier molecular flexibility index (Phi) is 8.48. The normalized spacial score (nSPS) is 18.6. The Morgan fingerprint density at radius 2 is 2.07 bits per heavy atom. The predicted molar refractivity (Wildman–Crippen MR) is 157 cm³/mol. The van der Waals surface area contributed by atoms with E-state index in [2.05, 4.69) is 55.6 Å². The van der Waals surface area contributed by atoms with Crippen LogP contribution in [0.2, 0.25) is 0 Å². The lowest BCUT2D eigenvalue weighted by molar-refractivity contribution is -0.127. The highest BCUT2D eigenvalue weighted by Gasteiger charge is 2.35. The molecule has 5 rings (SSSR count). The summed E-state index contributed by atoms with van der Waals surface area (Å²) in [6.07, 6.45) is 5.40. The van der Waals surface area contributed by atoms with Crippen molar-refractivity contribution in [3.8, 4) is 6.07 Å². The Morgan fingerprint density at radius 1 is 1.26 bits per heavy atom. The SMILES string of the molecule is CC(C)(C)CNCc1ccc2c(c1)nc(NC(=O)c1ccno1)n2C[C@H]1CCCN1C(=O)/C(C#N)=C/CC1(C)COC1. The van der Waals surface area contributed by atoms with Crippen LogP contribution in [0, 0.1) is 22.2 Å². The largest absolute Gasteiger partial charge is 0.380 e. The topological polar surface area (TPSA) is 138 Å². The smallest absolute Gasteiger partial charge is 0.296 e. The molecule has 0 spiro atoms. The number of amides is 2. The molecule has 1 atom stereocenters. The number of nitrogens with one attached hydrogen (secondary N) is 2. The predicted octanol–water partition coefficient (Wildman–Crippen LogP) is 4.28. The van der Waals surface area contributed by atoms with Crippen LogP contribution in [0.5, 0.6) is 0 Å². The number of ether oxygens (including phenoxy) is 1. The zero-order valence-electron chi connectivity index (χ0n) is 24.8. The van der Waals surface area contributed by atoms with Crippen LogP contribution in [0.4, 0.5) is 5.95 Å². The Morgan fingerprint density at radius 3 is 2.74 bits per heavy atom. The number of nitriles is 1. The van der Waals surface area contributed by atoms with Gasteiger partial charge < -0.3 is 24.0 Å². The van der Waals surface area contributed by atoms with Gasteiger partial charge in [0.1, 0.15) is 11.6 Å². The summed E-state index contributed by atoms with van der Waals surface area (Å²) in [7, 11) is 0. The third-order valence-electron chi connectivity index (χ3n) is 7.77. The number of benzene rings is 1. The summed E-state index contributed by atoms with van der Waals surface area (Å²) in [6.45, 7) is 12.5. The Bertz CT molecular complexity index is 1510. The van der Waals surface area contributed by atoms with E-state index >= 15 is 0 Å². The molecule has 0 bridgehead atoms. The molecule has 0 aliphatic carbocycles. The Labute approximate surface area is 245 Å². The lowest BCUT2D eigenvalue weighted by Gasteiger charge is -2.37. The van der Waals surface area contributed by atoms with Crippen LogP contribution in [0.25, 0.3) is 11.0 Å². The molecule has 0 unspecified atom stereocenters. The third-order valence-corrected chi connectivity index (χ3v) is 7.77. The van der Waals surface area contributed by atoms with E-state index in [-0.39, 0.29) is 34.1 Å². The van der Waals surface area contributed by atoms with Crippen molar-refractivity contribution in [1.82, 2.24) is 24.9 Å². The second-order valence-electron chi connectivity index (χ2n) is 12.9. The van der Waals surface area contributed by atoms with Gasteiger partial charge in [-0.1, -0.05) is 45.0 Å². The van der Waals surface area contributed by atoms with Gasteiger partial charge in [-0.3, -0.25) is 14.9 Å². The Hall–Kier alpha value is -4.01. The minimum atomic E-state index is -0.460. The molecule has 222 valence electrons. The highest BCUT2D eigenvalue weighted by molar-refractivity contribution is 6.02. The molecule has 2 aliphatic heterocycles. The molecule has 1 aromatic carbocycles. The highest BCUT2D eigenvalue weighted by atomic mass is 16.5. The summed E-state index contributed by atoms with van der Waals surface area (Å²) in [5.74, 6) is -0.279. The average Bonchev–Trinajstić information content (AvgIpc) is 3.68. The van der Waals surface area contributed by atoms with E-state index in [4.69, 9.17) is 14.2 Å². The van der Waals surface area contributed by atoms with Gasteiger partial charge in [-0.05, 0) is 42.4 Å². The first-order valence-corrected chi connectivity index (χ1v) is 14.5. The molecule has 42 heavy (non-hydrogen) atoms. The number of imidazole rings is 1. The van der Waals surface area contributed by atoms with E-state index in [9.17, 15) is 14.9 Å². The first kappa shape index (κ1) is 29.5. The molecule has 11 nitrogen and oxygen atoms in total. The van der Waals surface area contributed by atoms with Crippen LogP contribution in [-0.2, 0) is 22.6 Å². The molecular weight excluding hydrogens is 534 g/mol. The van der Waals surface area contributed by atoms with Crippen LogP contribution in [0.1, 0.15) is 63.1 Å². The van der Waals surface area contributed by atoms with Crippen molar-refractivity contribution >= 4 is 28.8 Å². The maximum absolute atomic E-state index is 13.5. The molecule has 4 heterocycles. The van der Waals surface area contributed by atoms with Gasteiger partial charge in [-0.15, -0.1) is 0 Å². The average molecular weight is 574 g/mol. The summed E-state index contributed by atoms with van der Waals surface area (Å²) in [6, 6.07) is 9.53. The second-order valence-corrected chi connectivity index (χ2v) is 12.9. The van der Waals surface area contributed by atoms with Crippen LogP contribution in [0.15, 0.2) is 46.6 Å². The van der Waals surface area contributed by atoms with Crippen molar-refractivity contribution in [3.63, 3.8) is 0 Å². The van der Waals surface area contributed by atoms with E-state index in [0.29, 0.717) is 45.2 Å². The fourth-order valence-corrected chi connectivity index (χ4v) is 5.40. The molecule has 2 fully saturated rings. The number of carbonyl (C=O) groups is 2. The molecule has 3 aromatic rings. The van der Waals surface area contributed by atoms with E-state index in [1.807, 2.05) is 16.7 Å². The van der Waals surface area contributed by atoms with Crippen molar-refractivity contribution < 1.29 is 18.8 Å². The highest BCUT2D eigenvalue weighted by Crippen LogP contribution is 2.32. The number of hydrogen-bond acceptors (Lipinski definition) is 8. The van der Waals surface area contributed by atoms with Gasteiger partial charge in [0.05, 0.1) is 36.5 Å². The van der Waals surface area contributed by atoms with Crippen LogP contribution < -0.4 is 10.6 Å². The van der Waals surface area contributed by atoms with Crippen molar-refractivity contribution in [2.45, 2.75) is 66.1 Å². The summed E-state index contributed by atoms with van der Waals surface area (Å²) in [5.41, 5.74) is 2.96. The van der Waals surface area contributed by atoms with E-state index < -0.39 is 5.91 Å². The Balaban J connectivity index is 1.40. The number of carbonyl (C=O) groups excluding carboxylic acids is 2. The van der Waals surface area contributed by atoms with Crippen molar-refractivity contribution in [3.05, 3.63) is 53.4 Å². The number of rotatable bonds is 10. The summed E-state index contributed by atoms with van der Waals surface area (Å²) in [5, 5.41) is 19.8. The second kappa shape index (κ2) is 12.1. The van der Waals surface area contributed by atoms with Crippen molar-refractivity contribution in [2.75, 3.05) is 31.6 Å². The fourth-order valence-electron chi connectivity index (χ4n) is 5.40. The number of hydrogen-bond donors (Lipinski definition) is 2. The van der Waals surface area contributed by atoms with Gasteiger partial charge in [-0.25, -0.2) is 4.98 Å². The number of allylic oxidation sites excluding steroid dienone is 1. The van der Waals surface area contributed by atoms with Gasteiger partial charge in [-0.2, -0.15) is 5.26 Å². The maximum Gasteiger partial charge on any atom is 0.296 e. The van der Waals surface area contributed by atoms with Crippen molar-refractivity contribution in [1.29, 1.82) is 5.26 Å². The van der Waals surface area contributed by atoms with Gasteiger partial charge in [0.15, 0.2) is 0 Å². The number of anilines is 1. The zero-order valence-corrected chi connectivity index (χ0v) is 24.8. The van der Waals surface area contributed by atoms with E-state index in [0.717, 1.165) is 36.0 Å². The molecule has 2 aromatic heterocycles. The molecular formula is C31H39N7O4. The lowest BCUT2D eigenvalue weighted by atomic mass is 9.84. The minimum absolute atomic E-state index is 0.0275.